The van der Waals surface area contributed by atoms with Gasteiger partial charge in [0, 0.05) is 0 Å². The third-order valence-corrected chi connectivity index (χ3v) is 1.92. The summed E-state index contributed by atoms with van der Waals surface area (Å²) in [6.07, 6.45) is -2.64. The van der Waals surface area contributed by atoms with E-state index >= 15 is 0 Å². The van der Waals surface area contributed by atoms with E-state index in [0.717, 1.165) is 0 Å². The van der Waals surface area contributed by atoms with Gasteiger partial charge in [-0.3, -0.25) is 0 Å². The van der Waals surface area contributed by atoms with Gasteiger partial charge in [-0.15, -0.1) is 11.6 Å². The first-order valence-electron chi connectivity index (χ1n) is 3.64. The lowest BCUT2D eigenvalue weighted by atomic mass is 10.2. The van der Waals surface area contributed by atoms with Crippen LogP contribution in [0.2, 0.25) is 0 Å². The van der Waals surface area contributed by atoms with Crippen molar-refractivity contribution < 1.29 is 18.1 Å². The van der Waals surface area contributed by atoms with E-state index < -0.39 is 40.0 Å². The molecule has 0 N–H and O–H groups in total. The largest absolute Gasteiger partial charge is 0.370 e. The van der Waals surface area contributed by atoms with E-state index in [-0.39, 0.29) is 0 Å². The van der Waals surface area contributed by atoms with Gasteiger partial charge >= 0.3 is 5.82 Å². The Kier molecular flexibility index (Phi) is 3.46. The summed E-state index contributed by atoms with van der Waals surface area (Å²) < 4.78 is 37.6. The van der Waals surface area contributed by atoms with Gasteiger partial charge in [-0.1, -0.05) is 0 Å². The maximum atomic E-state index is 13.2. The Morgan fingerprint density at radius 2 is 2.20 bits per heavy atom. The van der Waals surface area contributed by atoms with Gasteiger partial charge in [0.15, 0.2) is 6.20 Å². The monoisotopic (exact) mass is 240 g/mol. The molecule has 4 nitrogen and oxygen atoms in total. The summed E-state index contributed by atoms with van der Waals surface area (Å²) in [5.41, 5.74) is -1.62. The predicted octanol–water partition coefficient (Wildman–Crippen LogP) is 2.81. The van der Waals surface area contributed by atoms with Gasteiger partial charge in [0.1, 0.15) is 11.4 Å². The number of rotatable bonds is 3. The maximum Gasteiger partial charge on any atom is 0.370 e. The highest BCUT2D eigenvalue weighted by molar-refractivity contribution is 6.17. The highest BCUT2D eigenvalue weighted by atomic mass is 35.5. The van der Waals surface area contributed by atoms with E-state index in [9.17, 15) is 23.3 Å². The van der Waals surface area contributed by atoms with Gasteiger partial charge in [-0.05, 0) is 9.91 Å². The zero-order chi connectivity index (χ0) is 11.6. The molecule has 0 saturated heterocycles. The second-order valence-corrected chi connectivity index (χ2v) is 2.79. The summed E-state index contributed by atoms with van der Waals surface area (Å²) >= 11 is 5.23. The average Bonchev–Trinajstić information content (AvgIpc) is 2.16. The van der Waals surface area contributed by atoms with Crippen LogP contribution in [-0.2, 0) is 5.88 Å². The lowest BCUT2D eigenvalue weighted by Crippen LogP contribution is -2.04. The predicted molar refractivity (Wildman–Crippen MR) is 45.4 cm³/mol. The van der Waals surface area contributed by atoms with E-state index in [1.165, 1.54) is 0 Å². The molecular formula is C7H4ClF3N2O2. The van der Waals surface area contributed by atoms with Crippen molar-refractivity contribution in [2.24, 2.45) is 0 Å². The molecule has 0 bridgehead atoms. The summed E-state index contributed by atoms with van der Waals surface area (Å²) in [6, 6.07) is 0. The van der Waals surface area contributed by atoms with Crippen molar-refractivity contribution >= 4 is 17.4 Å². The van der Waals surface area contributed by atoms with Crippen molar-refractivity contribution in [3.63, 3.8) is 0 Å². The van der Waals surface area contributed by atoms with Gasteiger partial charge in [0.05, 0.1) is 11.4 Å². The Labute approximate surface area is 86.8 Å². The number of alkyl halides is 3. The van der Waals surface area contributed by atoms with Crippen LogP contribution in [0.4, 0.5) is 19.0 Å². The van der Waals surface area contributed by atoms with Gasteiger partial charge < -0.3 is 10.1 Å². The molecule has 82 valence electrons. The second kappa shape index (κ2) is 4.43. The molecule has 0 fully saturated rings. The summed E-state index contributed by atoms with van der Waals surface area (Å²) in [6.45, 7) is 0. The number of hydrogen-bond acceptors (Lipinski definition) is 3. The Morgan fingerprint density at radius 3 is 2.60 bits per heavy atom. The van der Waals surface area contributed by atoms with Crippen molar-refractivity contribution in [2.75, 3.05) is 0 Å². The topological polar surface area (TPSA) is 56.0 Å². The van der Waals surface area contributed by atoms with Crippen molar-refractivity contribution in [3.05, 3.63) is 33.3 Å². The second-order valence-electron chi connectivity index (χ2n) is 2.52. The molecule has 0 radical (unpaired) electrons. The van der Waals surface area contributed by atoms with E-state index in [2.05, 4.69) is 4.98 Å². The SMILES string of the molecule is O=[N+]([O-])c1ncc(C(F)F)c(F)c1CCl. The first-order valence-corrected chi connectivity index (χ1v) is 4.18. The fraction of sp³-hybridized carbons (Fsp3) is 0.286. The highest BCUT2D eigenvalue weighted by Crippen LogP contribution is 2.28. The lowest BCUT2D eigenvalue weighted by Gasteiger charge is -2.04. The van der Waals surface area contributed by atoms with Crippen molar-refractivity contribution in [3.8, 4) is 0 Å². The van der Waals surface area contributed by atoms with E-state index in [0.29, 0.717) is 6.20 Å². The van der Waals surface area contributed by atoms with Crippen LogP contribution in [0, 0.1) is 15.9 Å². The number of halogens is 4. The number of aromatic nitrogens is 1. The molecular weight excluding hydrogens is 237 g/mol. The quantitative estimate of drug-likeness (QED) is 0.464. The standard InChI is InChI=1S/C7H4ClF3N2O2/c8-1-3-5(9)4(6(10)11)2-12-7(3)13(14)15/h2,6H,1H2. The molecule has 1 rings (SSSR count). The van der Waals surface area contributed by atoms with Crippen LogP contribution in [-0.4, -0.2) is 9.91 Å². The van der Waals surface area contributed by atoms with E-state index in [1.54, 1.807) is 0 Å². The first kappa shape index (κ1) is 11.7. The van der Waals surface area contributed by atoms with Gasteiger partial charge in [0.2, 0.25) is 0 Å². The van der Waals surface area contributed by atoms with Gasteiger partial charge in [-0.2, -0.15) is 0 Å². The summed E-state index contributed by atoms with van der Waals surface area (Å²) in [5, 5.41) is 10.3. The molecule has 15 heavy (non-hydrogen) atoms. The van der Waals surface area contributed by atoms with Crippen LogP contribution in [0.25, 0.3) is 0 Å². The molecule has 1 aromatic heterocycles. The molecule has 0 aliphatic rings. The minimum atomic E-state index is -3.08. The normalized spacial score (nSPS) is 10.7. The molecule has 1 aromatic rings. The molecule has 0 atom stereocenters. The van der Waals surface area contributed by atoms with Crippen LogP contribution < -0.4 is 0 Å². The van der Waals surface area contributed by atoms with Crippen LogP contribution in [0.3, 0.4) is 0 Å². The number of hydrogen-bond donors (Lipinski definition) is 0. The van der Waals surface area contributed by atoms with Crippen LogP contribution in [0.15, 0.2) is 6.20 Å². The molecule has 0 saturated carbocycles. The summed E-state index contributed by atoms with van der Waals surface area (Å²) in [7, 11) is 0. The minimum Gasteiger partial charge on any atom is -0.358 e. The van der Waals surface area contributed by atoms with Crippen molar-refractivity contribution in [2.45, 2.75) is 12.3 Å². The zero-order valence-electron chi connectivity index (χ0n) is 7.08. The fourth-order valence-corrected chi connectivity index (χ4v) is 1.20. The molecule has 0 aliphatic carbocycles. The third-order valence-electron chi connectivity index (χ3n) is 1.66. The molecule has 1 heterocycles. The fourth-order valence-electron chi connectivity index (χ4n) is 0.966. The Hall–Kier alpha value is -1.37. The van der Waals surface area contributed by atoms with E-state index in [1.807, 2.05) is 0 Å². The molecule has 0 aliphatic heterocycles. The van der Waals surface area contributed by atoms with Crippen molar-refractivity contribution in [1.29, 1.82) is 0 Å². The Balaban J connectivity index is 3.39. The Morgan fingerprint density at radius 1 is 1.60 bits per heavy atom. The zero-order valence-corrected chi connectivity index (χ0v) is 7.84. The smallest absolute Gasteiger partial charge is 0.358 e. The molecule has 0 aromatic carbocycles. The van der Waals surface area contributed by atoms with E-state index in [4.69, 9.17) is 11.6 Å². The van der Waals surface area contributed by atoms with Gasteiger partial charge in [-0.25, -0.2) is 13.2 Å². The van der Waals surface area contributed by atoms with Crippen molar-refractivity contribution in [1.82, 2.24) is 4.98 Å². The Bertz CT molecular complexity index is 400. The number of nitrogens with zero attached hydrogens (tertiary/aromatic N) is 2. The first-order chi connectivity index (χ1) is 6.99. The summed E-state index contributed by atoms with van der Waals surface area (Å²) in [4.78, 5) is 12.5. The average molecular weight is 241 g/mol. The lowest BCUT2D eigenvalue weighted by molar-refractivity contribution is -0.390. The third kappa shape index (κ3) is 2.17. The minimum absolute atomic E-state index is 0.439. The summed E-state index contributed by atoms with van der Waals surface area (Å²) in [5.74, 6) is -2.80. The highest BCUT2D eigenvalue weighted by Gasteiger charge is 2.26. The number of nitro groups is 1. The molecule has 0 spiro atoms. The van der Waals surface area contributed by atoms with Crippen LogP contribution in [0.1, 0.15) is 17.6 Å². The van der Waals surface area contributed by atoms with Crippen LogP contribution in [0.5, 0.6) is 0 Å². The van der Waals surface area contributed by atoms with Crippen LogP contribution >= 0.6 is 11.6 Å². The molecule has 8 heteroatoms. The van der Waals surface area contributed by atoms with Gasteiger partial charge in [0.25, 0.3) is 6.43 Å². The maximum absolute atomic E-state index is 13.2. The molecule has 0 amide bonds. The molecule has 0 unspecified atom stereocenters. The number of pyridine rings is 1.